The first kappa shape index (κ1) is 25.1. The van der Waals surface area contributed by atoms with Gasteiger partial charge in [0.25, 0.3) is 0 Å². The lowest BCUT2D eigenvalue weighted by atomic mass is 10.1. The van der Waals surface area contributed by atoms with E-state index in [1.54, 1.807) is 6.07 Å². The summed E-state index contributed by atoms with van der Waals surface area (Å²) in [6.07, 6.45) is 10.3. The summed E-state index contributed by atoms with van der Waals surface area (Å²) < 4.78 is 40.9. The van der Waals surface area contributed by atoms with E-state index in [2.05, 4.69) is 6.92 Å². The highest BCUT2D eigenvalue weighted by atomic mass is 32.2. The highest BCUT2D eigenvalue weighted by molar-refractivity contribution is 7.86. The molecule has 0 saturated heterocycles. The van der Waals surface area contributed by atoms with Crippen LogP contribution in [0, 0.1) is 0 Å². The second-order valence-electron chi connectivity index (χ2n) is 7.00. The number of hydrogen-bond donors (Lipinski definition) is 1. The molecule has 0 aliphatic heterocycles. The molecule has 0 bridgehead atoms. The van der Waals surface area contributed by atoms with Crippen molar-refractivity contribution < 1.29 is 32.0 Å². The Morgan fingerprint density at radius 2 is 1.38 bits per heavy atom. The van der Waals surface area contributed by atoms with Gasteiger partial charge in [0.1, 0.15) is 0 Å². The summed E-state index contributed by atoms with van der Waals surface area (Å²) in [6.45, 7) is 3.47. The smallest absolute Gasteiger partial charge is 0.340 e. The van der Waals surface area contributed by atoms with Crippen LogP contribution in [0.3, 0.4) is 0 Å². The van der Waals surface area contributed by atoms with Crippen LogP contribution in [0.25, 0.3) is 0 Å². The molecule has 7 nitrogen and oxygen atoms in total. The number of esters is 2. The summed E-state index contributed by atoms with van der Waals surface area (Å²) in [4.78, 5) is 24.5. The number of carbonyl (C=O) groups excluding carboxylic acids is 2. The molecule has 0 aliphatic carbocycles. The van der Waals surface area contributed by atoms with Crippen LogP contribution in [0.2, 0.25) is 0 Å². The Kier molecular flexibility index (Phi) is 11.5. The van der Waals surface area contributed by atoms with Crippen LogP contribution >= 0.6 is 0 Å². The van der Waals surface area contributed by atoms with Gasteiger partial charge in [-0.3, -0.25) is 4.55 Å². The fourth-order valence-electron chi connectivity index (χ4n) is 2.77. The van der Waals surface area contributed by atoms with Crippen molar-refractivity contribution in [3.63, 3.8) is 0 Å². The van der Waals surface area contributed by atoms with Gasteiger partial charge in [-0.25, -0.2) is 9.59 Å². The molecule has 1 rings (SSSR count). The summed E-state index contributed by atoms with van der Waals surface area (Å²) in [6, 6.07) is 5.84. The zero-order valence-electron chi connectivity index (χ0n) is 17.3. The third-order valence-corrected chi connectivity index (χ3v) is 5.48. The highest BCUT2D eigenvalue weighted by Crippen LogP contribution is 2.15. The molecule has 0 aromatic heterocycles. The van der Waals surface area contributed by atoms with Crippen LogP contribution in [0.15, 0.2) is 24.3 Å². The van der Waals surface area contributed by atoms with Gasteiger partial charge in [-0.2, -0.15) is 8.42 Å². The lowest BCUT2D eigenvalue weighted by Gasteiger charge is -2.12. The van der Waals surface area contributed by atoms with Gasteiger partial charge < -0.3 is 9.47 Å². The van der Waals surface area contributed by atoms with Gasteiger partial charge in [0.2, 0.25) is 5.44 Å². The Balaban J connectivity index is 2.42. The van der Waals surface area contributed by atoms with E-state index in [9.17, 15) is 18.0 Å². The SMILES string of the molecule is CCCCCCCCCCCOC(=O)c1ccccc1C(=O)OC(C)S(=O)(=O)O. The maximum absolute atomic E-state index is 12.3. The lowest BCUT2D eigenvalue weighted by molar-refractivity contribution is 0.0425. The van der Waals surface area contributed by atoms with E-state index in [4.69, 9.17) is 14.0 Å². The number of ether oxygens (including phenoxy) is 2. The van der Waals surface area contributed by atoms with Crippen LogP contribution in [-0.4, -0.2) is 37.0 Å². The summed E-state index contributed by atoms with van der Waals surface area (Å²) in [5.74, 6) is -1.69. The van der Waals surface area contributed by atoms with Crippen molar-refractivity contribution in [2.75, 3.05) is 6.61 Å². The van der Waals surface area contributed by atoms with Crippen molar-refractivity contribution in [3.05, 3.63) is 35.4 Å². The predicted molar refractivity (Wildman–Crippen MR) is 110 cm³/mol. The Hall–Kier alpha value is -1.93. The molecule has 0 aliphatic rings. The van der Waals surface area contributed by atoms with Gasteiger partial charge >= 0.3 is 22.1 Å². The first-order valence-corrected chi connectivity index (χ1v) is 11.7. The molecule has 164 valence electrons. The molecular formula is C21H32O7S. The van der Waals surface area contributed by atoms with Crippen LogP contribution in [-0.2, 0) is 19.6 Å². The number of hydrogen-bond acceptors (Lipinski definition) is 6. The summed E-state index contributed by atoms with van der Waals surface area (Å²) in [5, 5.41) is 0. The molecule has 8 heteroatoms. The molecule has 1 atom stereocenters. The molecule has 0 saturated carbocycles. The normalized spacial score (nSPS) is 12.4. The number of benzene rings is 1. The highest BCUT2D eigenvalue weighted by Gasteiger charge is 2.25. The monoisotopic (exact) mass is 428 g/mol. The lowest BCUT2D eigenvalue weighted by Crippen LogP contribution is -2.25. The standard InChI is InChI=1S/C21H32O7S/c1-3-4-5-6-7-8-9-10-13-16-27-20(22)18-14-11-12-15-19(18)21(23)28-17(2)29(24,25)26/h11-12,14-15,17H,3-10,13,16H2,1-2H3,(H,24,25,26). The number of rotatable bonds is 14. The minimum absolute atomic E-state index is 0.00374. The first-order valence-electron chi connectivity index (χ1n) is 10.2. The zero-order valence-corrected chi connectivity index (χ0v) is 18.1. The van der Waals surface area contributed by atoms with Crippen molar-refractivity contribution in [1.82, 2.24) is 0 Å². The average Bonchev–Trinajstić information content (AvgIpc) is 2.68. The van der Waals surface area contributed by atoms with E-state index in [0.717, 1.165) is 26.2 Å². The van der Waals surface area contributed by atoms with E-state index in [-0.39, 0.29) is 17.7 Å². The molecule has 0 fully saturated rings. The molecule has 29 heavy (non-hydrogen) atoms. The van der Waals surface area contributed by atoms with Crippen molar-refractivity contribution in [2.45, 2.75) is 77.1 Å². The molecule has 0 heterocycles. The minimum atomic E-state index is -4.53. The largest absolute Gasteiger partial charge is 0.462 e. The van der Waals surface area contributed by atoms with Crippen LogP contribution < -0.4 is 0 Å². The van der Waals surface area contributed by atoms with Gasteiger partial charge in [-0.05, 0) is 25.5 Å². The van der Waals surface area contributed by atoms with E-state index in [0.29, 0.717) is 0 Å². The van der Waals surface area contributed by atoms with Gasteiger partial charge in [0, 0.05) is 0 Å². The predicted octanol–water partition coefficient (Wildman–Crippen LogP) is 4.76. The van der Waals surface area contributed by atoms with Crippen molar-refractivity contribution in [1.29, 1.82) is 0 Å². The van der Waals surface area contributed by atoms with Crippen molar-refractivity contribution >= 4 is 22.1 Å². The Bertz CT molecular complexity index is 743. The molecule has 1 unspecified atom stereocenters. The van der Waals surface area contributed by atoms with Crippen LogP contribution in [0.1, 0.15) is 92.4 Å². The second-order valence-corrected chi connectivity index (χ2v) is 8.69. The second kappa shape index (κ2) is 13.3. The fourth-order valence-corrected chi connectivity index (χ4v) is 2.98. The maximum atomic E-state index is 12.3. The van der Waals surface area contributed by atoms with E-state index in [1.807, 2.05) is 0 Å². The van der Waals surface area contributed by atoms with Gasteiger partial charge in [0.05, 0.1) is 17.7 Å². The van der Waals surface area contributed by atoms with Crippen molar-refractivity contribution in [2.24, 2.45) is 0 Å². The summed E-state index contributed by atoms with van der Waals surface area (Å²) in [5.41, 5.74) is -1.85. The van der Waals surface area contributed by atoms with Gasteiger partial charge in [-0.15, -0.1) is 0 Å². The Morgan fingerprint density at radius 3 is 1.90 bits per heavy atom. The third-order valence-electron chi connectivity index (χ3n) is 4.54. The molecular weight excluding hydrogens is 396 g/mol. The van der Waals surface area contributed by atoms with E-state index >= 15 is 0 Å². The van der Waals surface area contributed by atoms with Gasteiger partial charge in [0.15, 0.2) is 0 Å². The minimum Gasteiger partial charge on any atom is -0.462 e. The molecule has 0 spiro atoms. The zero-order chi connectivity index (χ0) is 21.7. The van der Waals surface area contributed by atoms with E-state index in [1.165, 1.54) is 56.7 Å². The summed E-state index contributed by atoms with van der Waals surface area (Å²) in [7, 11) is -4.53. The first-order chi connectivity index (χ1) is 13.8. The third kappa shape index (κ3) is 9.89. The van der Waals surface area contributed by atoms with E-state index < -0.39 is 27.5 Å². The maximum Gasteiger partial charge on any atom is 0.340 e. The fraction of sp³-hybridized carbons (Fsp3) is 0.619. The number of carbonyl (C=O) groups is 2. The molecule has 0 radical (unpaired) electrons. The average molecular weight is 429 g/mol. The van der Waals surface area contributed by atoms with Gasteiger partial charge in [-0.1, -0.05) is 70.4 Å². The Morgan fingerprint density at radius 1 is 0.897 bits per heavy atom. The molecule has 1 aromatic carbocycles. The molecule has 1 aromatic rings. The molecule has 1 N–H and O–H groups in total. The summed E-state index contributed by atoms with van der Waals surface area (Å²) >= 11 is 0. The van der Waals surface area contributed by atoms with Crippen LogP contribution in [0.5, 0.6) is 0 Å². The topological polar surface area (TPSA) is 107 Å². The number of unbranched alkanes of at least 4 members (excludes halogenated alkanes) is 8. The van der Waals surface area contributed by atoms with Crippen molar-refractivity contribution in [3.8, 4) is 0 Å². The molecule has 0 amide bonds. The van der Waals surface area contributed by atoms with Crippen LogP contribution in [0.4, 0.5) is 0 Å². The Labute approximate surface area is 173 Å². The quantitative estimate of drug-likeness (QED) is 0.258.